The number of imidazole rings is 1. The van der Waals surface area contributed by atoms with Crippen molar-refractivity contribution in [1.29, 1.82) is 0 Å². The average molecular weight is 266 g/mol. The minimum absolute atomic E-state index is 0.363. The number of hydrogen-bond donors (Lipinski definition) is 0. The van der Waals surface area contributed by atoms with Gasteiger partial charge in [0.05, 0.1) is 16.8 Å². The van der Waals surface area contributed by atoms with E-state index in [2.05, 4.69) is 60.0 Å². The third kappa shape index (κ3) is 1.69. The molecular weight excluding hydrogens is 252 g/mol. The zero-order valence-electron chi connectivity index (χ0n) is 10.7. The molecular formula is C16H14N2S. The number of aromatic nitrogens is 2. The molecule has 0 unspecified atom stereocenters. The summed E-state index contributed by atoms with van der Waals surface area (Å²) in [6.07, 6.45) is 0. The minimum Gasteiger partial charge on any atom is -0.310 e. The van der Waals surface area contributed by atoms with E-state index in [0.717, 1.165) is 11.3 Å². The maximum absolute atomic E-state index is 4.73. The van der Waals surface area contributed by atoms with Crippen LogP contribution in [0.15, 0.2) is 48.5 Å². The first-order valence-electron chi connectivity index (χ1n) is 6.47. The summed E-state index contributed by atoms with van der Waals surface area (Å²) in [5, 5.41) is 0.363. The summed E-state index contributed by atoms with van der Waals surface area (Å²) in [6, 6.07) is 17.2. The Morgan fingerprint density at radius 2 is 2.05 bits per heavy atom. The lowest BCUT2D eigenvalue weighted by atomic mass is 10.1. The highest BCUT2D eigenvalue weighted by molar-refractivity contribution is 7.99. The van der Waals surface area contributed by atoms with Gasteiger partial charge in [-0.05, 0) is 24.6 Å². The van der Waals surface area contributed by atoms with Gasteiger partial charge in [-0.1, -0.05) is 42.0 Å². The van der Waals surface area contributed by atoms with Gasteiger partial charge < -0.3 is 4.57 Å². The molecule has 94 valence electrons. The van der Waals surface area contributed by atoms with Crippen LogP contribution in [0.1, 0.15) is 22.3 Å². The molecule has 0 fully saturated rings. The van der Waals surface area contributed by atoms with E-state index in [1.165, 1.54) is 22.5 Å². The van der Waals surface area contributed by atoms with Gasteiger partial charge in [-0.25, -0.2) is 4.98 Å². The second kappa shape index (κ2) is 4.14. The Kier molecular flexibility index (Phi) is 2.42. The Hall–Kier alpha value is -1.74. The molecule has 4 rings (SSSR count). The molecule has 1 aliphatic heterocycles. The minimum atomic E-state index is 0.363. The zero-order valence-corrected chi connectivity index (χ0v) is 11.5. The molecule has 3 aromatic rings. The van der Waals surface area contributed by atoms with E-state index < -0.39 is 0 Å². The maximum Gasteiger partial charge on any atom is 0.121 e. The van der Waals surface area contributed by atoms with E-state index in [-0.39, 0.29) is 0 Å². The van der Waals surface area contributed by atoms with E-state index in [1.807, 2.05) is 11.8 Å². The monoisotopic (exact) mass is 266 g/mol. The fraction of sp³-hybridized carbons (Fsp3) is 0.188. The Balaban J connectivity index is 1.91. The third-order valence-electron chi connectivity index (χ3n) is 3.60. The van der Waals surface area contributed by atoms with Crippen LogP contribution < -0.4 is 0 Å². The van der Waals surface area contributed by atoms with E-state index in [4.69, 9.17) is 4.98 Å². The molecule has 0 bridgehead atoms. The lowest BCUT2D eigenvalue weighted by Gasteiger charge is -2.14. The molecule has 1 atom stereocenters. The van der Waals surface area contributed by atoms with Gasteiger partial charge in [0, 0.05) is 0 Å². The van der Waals surface area contributed by atoms with Crippen molar-refractivity contribution in [2.45, 2.75) is 18.1 Å². The average Bonchev–Trinajstić information content (AvgIpc) is 2.97. The van der Waals surface area contributed by atoms with Gasteiger partial charge in [0.25, 0.3) is 0 Å². The fourth-order valence-corrected chi connectivity index (χ4v) is 3.99. The number of thioether (sulfide) groups is 1. The summed E-state index contributed by atoms with van der Waals surface area (Å²) in [4.78, 5) is 4.73. The summed E-state index contributed by atoms with van der Waals surface area (Å²) >= 11 is 1.95. The molecule has 0 saturated heterocycles. The largest absolute Gasteiger partial charge is 0.310 e. The van der Waals surface area contributed by atoms with Crippen molar-refractivity contribution >= 4 is 22.8 Å². The zero-order chi connectivity index (χ0) is 12.8. The summed E-state index contributed by atoms with van der Waals surface area (Å²) < 4.78 is 2.38. The second-order valence-electron chi connectivity index (χ2n) is 4.96. The summed E-state index contributed by atoms with van der Waals surface area (Å²) in [7, 11) is 0. The molecule has 2 heterocycles. The van der Waals surface area contributed by atoms with Crippen molar-refractivity contribution in [3.8, 4) is 0 Å². The van der Waals surface area contributed by atoms with E-state index >= 15 is 0 Å². The molecule has 2 nitrogen and oxygen atoms in total. The molecule has 0 spiro atoms. The van der Waals surface area contributed by atoms with Crippen molar-refractivity contribution in [3.63, 3.8) is 0 Å². The van der Waals surface area contributed by atoms with Crippen LogP contribution in [0.4, 0.5) is 0 Å². The highest BCUT2D eigenvalue weighted by atomic mass is 32.2. The molecule has 0 radical (unpaired) electrons. The van der Waals surface area contributed by atoms with Crippen LogP contribution >= 0.6 is 11.8 Å². The Bertz CT molecular complexity index is 760. The van der Waals surface area contributed by atoms with E-state index in [0.29, 0.717) is 5.37 Å². The van der Waals surface area contributed by atoms with E-state index in [9.17, 15) is 0 Å². The SMILES string of the molecule is Cc1cccc([C@H]2SCc3nc4ccccc4n32)c1. The van der Waals surface area contributed by atoms with Crippen LogP contribution in [0.3, 0.4) is 0 Å². The highest BCUT2D eigenvalue weighted by Gasteiger charge is 2.27. The first-order valence-corrected chi connectivity index (χ1v) is 7.52. The molecule has 19 heavy (non-hydrogen) atoms. The quantitative estimate of drug-likeness (QED) is 0.659. The van der Waals surface area contributed by atoms with E-state index in [1.54, 1.807) is 0 Å². The number of rotatable bonds is 1. The van der Waals surface area contributed by atoms with Crippen molar-refractivity contribution in [1.82, 2.24) is 9.55 Å². The Morgan fingerprint density at radius 1 is 1.16 bits per heavy atom. The molecule has 3 heteroatoms. The fourth-order valence-electron chi connectivity index (χ4n) is 2.75. The van der Waals surface area contributed by atoms with Crippen LogP contribution in [-0.2, 0) is 5.75 Å². The maximum atomic E-state index is 4.73. The number of benzene rings is 2. The summed E-state index contributed by atoms with van der Waals surface area (Å²) in [6.45, 7) is 2.15. The predicted octanol–water partition coefficient (Wildman–Crippen LogP) is 4.14. The molecule has 0 aliphatic carbocycles. The van der Waals surface area contributed by atoms with Gasteiger partial charge in [-0.15, -0.1) is 11.8 Å². The molecule has 0 saturated carbocycles. The topological polar surface area (TPSA) is 17.8 Å². The number of para-hydroxylation sites is 2. The predicted molar refractivity (Wildman–Crippen MR) is 80.3 cm³/mol. The van der Waals surface area contributed by atoms with Crippen molar-refractivity contribution in [2.24, 2.45) is 0 Å². The number of fused-ring (bicyclic) bond motifs is 3. The van der Waals surface area contributed by atoms with Gasteiger partial charge >= 0.3 is 0 Å². The van der Waals surface area contributed by atoms with Gasteiger partial charge in [-0.3, -0.25) is 0 Å². The molecule has 0 amide bonds. The summed E-state index contributed by atoms with van der Waals surface area (Å²) in [5.41, 5.74) is 5.03. The lowest BCUT2D eigenvalue weighted by Crippen LogP contribution is -2.03. The number of aryl methyl sites for hydroxylation is 1. The summed E-state index contributed by atoms with van der Waals surface area (Å²) in [5.74, 6) is 2.19. The van der Waals surface area contributed by atoms with Gasteiger partial charge in [0.15, 0.2) is 0 Å². The first kappa shape index (κ1) is 11.1. The van der Waals surface area contributed by atoms with Crippen LogP contribution in [0, 0.1) is 6.92 Å². The van der Waals surface area contributed by atoms with Crippen LogP contribution in [0.2, 0.25) is 0 Å². The van der Waals surface area contributed by atoms with Crippen molar-refractivity contribution in [2.75, 3.05) is 0 Å². The number of nitrogens with zero attached hydrogens (tertiary/aromatic N) is 2. The molecule has 1 aliphatic rings. The number of hydrogen-bond acceptors (Lipinski definition) is 2. The molecule has 1 aromatic heterocycles. The molecule has 2 aromatic carbocycles. The Morgan fingerprint density at radius 3 is 2.95 bits per heavy atom. The second-order valence-corrected chi connectivity index (χ2v) is 6.03. The first-order chi connectivity index (χ1) is 9.33. The van der Waals surface area contributed by atoms with Crippen molar-refractivity contribution < 1.29 is 0 Å². The van der Waals surface area contributed by atoms with Crippen LogP contribution in [0.5, 0.6) is 0 Å². The Labute approximate surface area is 116 Å². The van der Waals surface area contributed by atoms with Crippen LogP contribution in [-0.4, -0.2) is 9.55 Å². The lowest BCUT2D eigenvalue weighted by molar-refractivity contribution is 0.793. The van der Waals surface area contributed by atoms with Crippen LogP contribution in [0.25, 0.3) is 11.0 Å². The third-order valence-corrected chi connectivity index (χ3v) is 4.82. The standard InChI is InChI=1S/C16H14N2S/c1-11-5-4-6-12(9-11)16-18-14-8-3-2-7-13(14)17-15(18)10-19-16/h2-9,16H,10H2,1H3/t16-/m1/s1. The van der Waals surface area contributed by atoms with Gasteiger partial charge in [0.1, 0.15) is 11.2 Å². The molecule has 0 N–H and O–H groups in total. The smallest absolute Gasteiger partial charge is 0.121 e. The van der Waals surface area contributed by atoms with Gasteiger partial charge in [0.2, 0.25) is 0 Å². The van der Waals surface area contributed by atoms with Crippen molar-refractivity contribution in [3.05, 3.63) is 65.5 Å². The highest BCUT2D eigenvalue weighted by Crippen LogP contribution is 2.42. The van der Waals surface area contributed by atoms with Gasteiger partial charge in [-0.2, -0.15) is 0 Å². The normalized spacial score (nSPS) is 17.8.